The number of hydrogen-bond acceptors (Lipinski definition) is 3. The highest BCUT2D eigenvalue weighted by Crippen LogP contribution is 2.14. The smallest absolute Gasteiger partial charge is 0.251 e. The molecule has 1 aliphatic heterocycles. The van der Waals surface area contributed by atoms with Crippen LogP contribution in [0.3, 0.4) is 0 Å². The molecule has 2 N–H and O–H groups in total. The lowest BCUT2D eigenvalue weighted by Crippen LogP contribution is -2.23. The van der Waals surface area contributed by atoms with Gasteiger partial charge in [0.2, 0.25) is 0 Å². The molecule has 1 saturated heterocycles. The van der Waals surface area contributed by atoms with Gasteiger partial charge in [-0.1, -0.05) is 24.3 Å². The summed E-state index contributed by atoms with van der Waals surface area (Å²) < 4.78 is 0. The van der Waals surface area contributed by atoms with Crippen LogP contribution in [0.15, 0.2) is 48.5 Å². The predicted molar refractivity (Wildman–Crippen MR) is 102 cm³/mol. The van der Waals surface area contributed by atoms with E-state index in [0.717, 1.165) is 25.2 Å². The lowest BCUT2D eigenvalue weighted by Gasteiger charge is -2.15. The fourth-order valence-corrected chi connectivity index (χ4v) is 3.21. The minimum absolute atomic E-state index is 0.0800. The molecule has 0 atom stereocenters. The van der Waals surface area contributed by atoms with Crippen molar-refractivity contribution in [3.8, 4) is 0 Å². The Morgan fingerprint density at radius 3 is 2.35 bits per heavy atom. The van der Waals surface area contributed by atoms with Crippen LogP contribution < -0.4 is 10.6 Å². The molecule has 1 fully saturated rings. The molecule has 3 rings (SSSR count). The number of carbonyl (C=O) groups excluding carboxylic acids is 2. The second-order valence-electron chi connectivity index (χ2n) is 6.64. The van der Waals surface area contributed by atoms with Crippen molar-refractivity contribution in [1.29, 1.82) is 0 Å². The molecule has 0 radical (unpaired) electrons. The number of hydrogen-bond donors (Lipinski definition) is 2. The van der Waals surface area contributed by atoms with Crippen LogP contribution in [0.25, 0.3) is 0 Å². The number of amides is 2. The van der Waals surface area contributed by atoms with Gasteiger partial charge in [-0.3, -0.25) is 14.5 Å². The van der Waals surface area contributed by atoms with Gasteiger partial charge >= 0.3 is 0 Å². The van der Waals surface area contributed by atoms with E-state index in [4.69, 9.17) is 0 Å². The number of benzene rings is 2. The van der Waals surface area contributed by atoms with Gasteiger partial charge in [-0.15, -0.1) is 0 Å². The summed E-state index contributed by atoms with van der Waals surface area (Å²) in [5.74, 6) is -0.195. The third-order valence-corrected chi connectivity index (χ3v) is 4.69. The van der Waals surface area contributed by atoms with Crippen LogP contribution in [0, 0.1) is 0 Å². The van der Waals surface area contributed by atoms with Crippen LogP contribution in [-0.2, 0) is 13.1 Å². The predicted octanol–water partition coefficient (Wildman–Crippen LogP) is 2.57. The van der Waals surface area contributed by atoms with Gasteiger partial charge in [0.15, 0.2) is 0 Å². The van der Waals surface area contributed by atoms with E-state index in [-0.39, 0.29) is 11.8 Å². The molecule has 0 unspecified atom stereocenters. The maximum Gasteiger partial charge on any atom is 0.251 e. The Morgan fingerprint density at radius 2 is 1.65 bits per heavy atom. The molecule has 1 heterocycles. The van der Waals surface area contributed by atoms with E-state index in [1.54, 1.807) is 19.2 Å². The van der Waals surface area contributed by atoms with Gasteiger partial charge in [-0.25, -0.2) is 0 Å². The van der Waals surface area contributed by atoms with Gasteiger partial charge in [0.25, 0.3) is 11.8 Å². The summed E-state index contributed by atoms with van der Waals surface area (Å²) in [5, 5.41) is 5.54. The highest BCUT2D eigenvalue weighted by atomic mass is 16.2. The Balaban J connectivity index is 1.56. The quantitative estimate of drug-likeness (QED) is 0.841. The van der Waals surface area contributed by atoms with Gasteiger partial charge in [0, 0.05) is 31.3 Å². The topological polar surface area (TPSA) is 61.4 Å². The zero-order chi connectivity index (χ0) is 18.4. The average Bonchev–Trinajstić information content (AvgIpc) is 3.19. The van der Waals surface area contributed by atoms with Gasteiger partial charge < -0.3 is 10.6 Å². The summed E-state index contributed by atoms with van der Waals surface area (Å²) in [6.07, 6.45) is 2.53. The van der Waals surface area contributed by atoms with Crippen molar-refractivity contribution in [3.63, 3.8) is 0 Å². The number of rotatable bonds is 6. The molecule has 5 heteroatoms. The SMILES string of the molecule is CNC(=O)c1ccc(CNC(=O)c2cccc(CN3CCCC3)c2)cc1. The van der Waals surface area contributed by atoms with E-state index < -0.39 is 0 Å². The molecule has 2 aromatic carbocycles. The molecular weight excluding hydrogens is 326 g/mol. The van der Waals surface area contributed by atoms with Crippen LogP contribution in [-0.4, -0.2) is 36.9 Å². The molecule has 2 aromatic rings. The van der Waals surface area contributed by atoms with Crippen LogP contribution in [0.5, 0.6) is 0 Å². The van der Waals surface area contributed by atoms with Crippen LogP contribution >= 0.6 is 0 Å². The van der Waals surface area contributed by atoms with Gasteiger partial charge in [0.05, 0.1) is 0 Å². The first-order chi connectivity index (χ1) is 12.7. The zero-order valence-corrected chi connectivity index (χ0v) is 15.1. The lowest BCUT2D eigenvalue weighted by atomic mass is 10.1. The Hall–Kier alpha value is -2.66. The lowest BCUT2D eigenvalue weighted by molar-refractivity contribution is 0.0946. The first kappa shape index (κ1) is 18.1. The maximum absolute atomic E-state index is 12.4. The van der Waals surface area contributed by atoms with E-state index in [9.17, 15) is 9.59 Å². The summed E-state index contributed by atoms with van der Waals surface area (Å²) in [4.78, 5) is 26.4. The molecule has 136 valence electrons. The van der Waals surface area contributed by atoms with Crippen molar-refractivity contribution in [2.24, 2.45) is 0 Å². The third-order valence-electron chi connectivity index (χ3n) is 4.69. The second-order valence-corrected chi connectivity index (χ2v) is 6.64. The normalized spacial score (nSPS) is 14.2. The van der Waals surface area contributed by atoms with Crippen molar-refractivity contribution < 1.29 is 9.59 Å². The molecule has 5 nitrogen and oxygen atoms in total. The molecule has 0 aliphatic carbocycles. The molecule has 0 saturated carbocycles. The van der Waals surface area contributed by atoms with Crippen molar-refractivity contribution in [1.82, 2.24) is 15.5 Å². The summed E-state index contributed by atoms with van der Waals surface area (Å²) in [5.41, 5.74) is 3.43. The second kappa shape index (κ2) is 8.63. The van der Waals surface area contributed by atoms with Crippen LogP contribution in [0.4, 0.5) is 0 Å². The fourth-order valence-electron chi connectivity index (χ4n) is 3.21. The highest BCUT2D eigenvalue weighted by molar-refractivity contribution is 5.94. The van der Waals surface area contributed by atoms with Crippen LogP contribution in [0.1, 0.15) is 44.7 Å². The minimum atomic E-state index is -0.115. The molecule has 26 heavy (non-hydrogen) atoms. The van der Waals surface area contributed by atoms with Crippen molar-refractivity contribution in [2.75, 3.05) is 20.1 Å². The molecule has 2 amide bonds. The van der Waals surface area contributed by atoms with E-state index >= 15 is 0 Å². The van der Waals surface area contributed by atoms with Gasteiger partial charge in [-0.2, -0.15) is 0 Å². The average molecular weight is 351 g/mol. The van der Waals surface area contributed by atoms with E-state index in [2.05, 4.69) is 21.6 Å². The fraction of sp³-hybridized carbons (Fsp3) is 0.333. The first-order valence-corrected chi connectivity index (χ1v) is 9.06. The Kier molecular flexibility index (Phi) is 6.02. The largest absolute Gasteiger partial charge is 0.355 e. The number of nitrogens with one attached hydrogen (secondary N) is 2. The Bertz CT molecular complexity index is 765. The monoisotopic (exact) mass is 351 g/mol. The molecular formula is C21H25N3O2. The zero-order valence-electron chi connectivity index (χ0n) is 15.1. The molecule has 0 spiro atoms. The third kappa shape index (κ3) is 4.70. The number of likely N-dealkylation sites (tertiary alicyclic amines) is 1. The van der Waals surface area contributed by atoms with Crippen molar-refractivity contribution in [2.45, 2.75) is 25.9 Å². The summed E-state index contributed by atoms with van der Waals surface area (Å²) in [6.45, 7) is 3.62. The highest BCUT2D eigenvalue weighted by Gasteiger charge is 2.13. The van der Waals surface area contributed by atoms with Crippen molar-refractivity contribution in [3.05, 3.63) is 70.8 Å². The maximum atomic E-state index is 12.4. The van der Waals surface area contributed by atoms with Gasteiger partial charge in [0.1, 0.15) is 0 Å². The summed E-state index contributed by atoms with van der Waals surface area (Å²) >= 11 is 0. The number of carbonyl (C=O) groups is 2. The van der Waals surface area contributed by atoms with Crippen molar-refractivity contribution >= 4 is 11.8 Å². The molecule has 1 aliphatic rings. The van der Waals surface area contributed by atoms with Gasteiger partial charge in [-0.05, 0) is 61.3 Å². The van der Waals surface area contributed by atoms with E-state index in [1.165, 1.54) is 18.4 Å². The Labute approximate surface area is 154 Å². The summed E-state index contributed by atoms with van der Waals surface area (Å²) in [6, 6.07) is 15.1. The Morgan fingerprint density at radius 1 is 0.923 bits per heavy atom. The van der Waals surface area contributed by atoms with E-state index in [0.29, 0.717) is 17.7 Å². The molecule has 0 bridgehead atoms. The first-order valence-electron chi connectivity index (χ1n) is 9.06. The van der Waals surface area contributed by atoms with E-state index in [1.807, 2.05) is 30.3 Å². The molecule has 0 aromatic heterocycles. The van der Waals surface area contributed by atoms with Crippen LogP contribution in [0.2, 0.25) is 0 Å². The minimum Gasteiger partial charge on any atom is -0.355 e. The standard InChI is InChI=1S/C21H25N3O2/c1-22-20(25)18-9-7-16(8-10-18)14-23-21(26)19-6-4-5-17(13-19)15-24-11-2-3-12-24/h4-10,13H,2-3,11-12,14-15H2,1H3,(H,22,25)(H,23,26). The summed E-state index contributed by atoms with van der Waals surface area (Å²) in [7, 11) is 1.61. The number of nitrogens with zero attached hydrogens (tertiary/aromatic N) is 1.